The van der Waals surface area contributed by atoms with Crippen LogP contribution in [-0.4, -0.2) is 14.2 Å². The van der Waals surface area contributed by atoms with E-state index in [1.165, 1.54) is 72.4 Å². The summed E-state index contributed by atoms with van der Waals surface area (Å²) in [6.45, 7) is 1.85. The quantitative estimate of drug-likeness (QED) is 0.135. The summed E-state index contributed by atoms with van der Waals surface area (Å²) >= 11 is 1.44. The van der Waals surface area contributed by atoms with Crippen molar-refractivity contribution in [2.24, 2.45) is 0 Å². The van der Waals surface area contributed by atoms with Gasteiger partial charge in [0.2, 0.25) is 0 Å². The molecule has 47 heavy (non-hydrogen) atoms. The second kappa shape index (κ2) is 13.7. The summed E-state index contributed by atoms with van der Waals surface area (Å²) in [5.41, 5.74) is 2.03. The van der Waals surface area contributed by atoms with E-state index in [-0.39, 0.29) is 10.7 Å². The lowest BCUT2D eigenvalue weighted by molar-refractivity contribution is 0.103. The van der Waals surface area contributed by atoms with Crippen LogP contribution in [0.2, 0.25) is 0 Å². The monoisotopic (exact) mass is 682 g/mol. The maximum absolute atomic E-state index is 14.2. The van der Waals surface area contributed by atoms with Crippen LogP contribution in [-0.2, 0) is 13.7 Å². The number of hydrogen-bond acceptors (Lipinski definition) is 5. The third-order valence-corrected chi connectivity index (χ3v) is 13.5. The molecular weight excluding hydrogens is 655 g/mol. The number of carbonyl (C=O) groups excluding carboxylic acids is 1. The number of aryl methyl sites for hydroxylation is 1. The molecule has 0 spiro atoms. The first kappa shape index (κ1) is 32.4. The first-order valence-electron chi connectivity index (χ1n) is 14.5. The molecule has 6 rings (SSSR count). The van der Waals surface area contributed by atoms with Gasteiger partial charge in [0.15, 0.2) is 5.78 Å². The van der Waals surface area contributed by atoms with Gasteiger partial charge in [-0.05, 0) is 114 Å². The normalized spacial score (nSPS) is 12.1. The molecule has 0 saturated carbocycles. The fourth-order valence-corrected chi connectivity index (χ4v) is 11.0. The largest absolute Gasteiger partial charge is 0.307 e. The van der Waals surface area contributed by atoms with Crippen LogP contribution in [0.3, 0.4) is 0 Å². The lowest BCUT2D eigenvalue weighted by atomic mass is 10.0. The summed E-state index contributed by atoms with van der Waals surface area (Å²) < 4.78 is 62.5. The molecule has 236 valence electrons. The standard InChI is InChI=1S/C38H28F2O4S3/c1-27-10-18-37(19-11-27)47(42,43)44-46(34-20-12-30(39)13-21-34,35-22-14-31(40)15-23-35)36-24-16-32(17-25-36)45-33-9-5-8-29(26-33)38(41)28-6-3-2-4-7-28/h2-26H,1H3. The van der Waals surface area contributed by atoms with Crippen LogP contribution < -0.4 is 0 Å². The minimum absolute atomic E-state index is 0.0405. The van der Waals surface area contributed by atoms with Crippen LogP contribution in [0, 0.1) is 18.6 Å². The maximum atomic E-state index is 14.2. The highest BCUT2D eigenvalue weighted by molar-refractivity contribution is 8.33. The van der Waals surface area contributed by atoms with E-state index < -0.39 is 32.1 Å². The van der Waals surface area contributed by atoms with E-state index in [4.69, 9.17) is 3.63 Å². The van der Waals surface area contributed by atoms with Gasteiger partial charge in [0.1, 0.15) is 11.6 Å². The Hall–Kier alpha value is -4.54. The molecule has 0 aromatic heterocycles. The molecule has 0 radical (unpaired) electrons. The van der Waals surface area contributed by atoms with Crippen molar-refractivity contribution in [3.05, 3.63) is 180 Å². The molecule has 0 aliphatic carbocycles. The van der Waals surface area contributed by atoms with Crippen molar-refractivity contribution in [1.82, 2.24) is 0 Å². The summed E-state index contributed by atoms with van der Waals surface area (Å²) in [7, 11) is -7.48. The zero-order valence-electron chi connectivity index (χ0n) is 25.0. The van der Waals surface area contributed by atoms with Crippen molar-refractivity contribution in [3.63, 3.8) is 0 Å². The van der Waals surface area contributed by atoms with Crippen molar-refractivity contribution >= 4 is 38.0 Å². The van der Waals surface area contributed by atoms with Gasteiger partial charge in [-0.2, -0.15) is 8.42 Å². The highest BCUT2D eigenvalue weighted by Gasteiger charge is 2.38. The maximum Gasteiger partial charge on any atom is 0.307 e. The first-order valence-corrected chi connectivity index (χ1v) is 18.3. The van der Waals surface area contributed by atoms with Gasteiger partial charge in [-0.15, -0.1) is 0 Å². The molecule has 0 bridgehead atoms. The second-order valence-electron chi connectivity index (χ2n) is 10.6. The van der Waals surface area contributed by atoms with Crippen LogP contribution in [0.4, 0.5) is 8.78 Å². The molecule has 6 aromatic rings. The Balaban J connectivity index is 1.42. The molecule has 4 nitrogen and oxygen atoms in total. The third kappa shape index (κ3) is 7.08. The Morgan fingerprint density at radius 1 is 0.553 bits per heavy atom. The summed E-state index contributed by atoms with van der Waals surface area (Å²) in [6, 6.07) is 40.9. The number of rotatable bonds is 10. The van der Waals surface area contributed by atoms with E-state index in [0.29, 0.717) is 25.8 Å². The average molecular weight is 683 g/mol. The summed E-state index contributed by atoms with van der Waals surface area (Å²) in [4.78, 5) is 16.0. The minimum atomic E-state index is -4.38. The number of halogens is 2. The molecule has 0 heterocycles. The Bertz CT molecular complexity index is 2070. The van der Waals surface area contributed by atoms with Crippen LogP contribution in [0.1, 0.15) is 21.5 Å². The van der Waals surface area contributed by atoms with E-state index in [2.05, 4.69) is 0 Å². The molecule has 0 fully saturated rings. The van der Waals surface area contributed by atoms with Gasteiger partial charge >= 0.3 is 10.1 Å². The van der Waals surface area contributed by atoms with Gasteiger partial charge in [-0.25, -0.2) is 12.4 Å². The summed E-state index contributed by atoms with van der Waals surface area (Å²) in [5, 5.41) is 0. The Morgan fingerprint density at radius 2 is 1.04 bits per heavy atom. The van der Waals surface area contributed by atoms with E-state index in [1.54, 1.807) is 42.5 Å². The van der Waals surface area contributed by atoms with Crippen LogP contribution >= 0.6 is 22.1 Å². The molecule has 0 N–H and O–H groups in total. The Morgan fingerprint density at radius 3 is 1.60 bits per heavy atom. The number of ketones is 1. The van der Waals surface area contributed by atoms with Crippen molar-refractivity contribution in [2.75, 3.05) is 0 Å². The van der Waals surface area contributed by atoms with E-state index in [0.717, 1.165) is 15.4 Å². The minimum Gasteiger partial charge on any atom is -0.289 e. The molecule has 6 aromatic carbocycles. The molecule has 0 aliphatic rings. The molecule has 0 amide bonds. The van der Waals surface area contributed by atoms with Crippen molar-refractivity contribution in [1.29, 1.82) is 0 Å². The van der Waals surface area contributed by atoms with Gasteiger partial charge in [-0.3, -0.25) is 4.79 Å². The van der Waals surface area contributed by atoms with E-state index in [1.807, 2.05) is 55.5 Å². The summed E-state index contributed by atoms with van der Waals surface area (Å²) in [6.07, 6.45) is 0. The van der Waals surface area contributed by atoms with Gasteiger partial charge in [0.05, 0.1) is 4.90 Å². The zero-order chi connectivity index (χ0) is 33.0. The predicted octanol–water partition coefficient (Wildman–Crippen LogP) is 10.3. The smallest absolute Gasteiger partial charge is 0.289 e. The highest BCUT2D eigenvalue weighted by atomic mass is 32.3. The molecule has 0 atom stereocenters. The predicted molar refractivity (Wildman–Crippen MR) is 182 cm³/mol. The zero-order valence-corrected chi connectivity index (χ0v) is 27.5. The van der Waals surface area contributed by atoms with Gasteiger partial charge in [-0.1, -0.05) is 71.9 Å². The molecule has 0 aliphatic heterocycles. The van der Waals surface area contributed by atoms with Crippen molar-refractivity contribution < 1.29 is 25.6 Å². The van der Waals surface area contributed by atoms with Crippen LogP contribution in [0.5, 0.6) is 0 Å². The fourth-order valence-electron chi connectivity index (χ4n) is 4.95. The van der Waals surface area contributed by atoms with E-state index in [9.17, 15) is 22.0 Å². The lowest BCUT2D eigenvalue weighted by Gasteiger charge is -2.39. The van der Waals surface area contributed by atoms with Crippen molar-refractivity contribution in [3.8, 4) is 0 Å². The van der Waals surface area contributed by atoms with Gasteiger partial charge in [0, 0.05) is 35.6 Å². The fraction of sp³-hybridized carbons (Fsp3) is 0.0263. The first-order chi connectivity index (χ1) is 22.6. The Kier molecular flexibility index (Phi) is 9.42. The average Bonchev–Trinajstić information content (AvgIpc) is 3.09. The second-order valence-corrected chi connectivity index (χ2v) is 16.2. The third-order valence-electron chi connectivity index (χ3n) is 7.32. The summed E-state index contributed by atoms with van der Waals surface area (Å²) in [5.74, 6) is -1.08. The van der Waals surface area contributed by atoms with Crippen LogP contribution in [0.25, 0.3) is 0 Å². The van der Waals surface area contributed by atoms with Crippen LogP contribution in [0.15, 0.2) is 181 Å². The molecule has 0 unspecified atom stereocenters. The molecule has 0 saturated heterocycles. The lowest BCUT2D eigenvalue weighted by Crippen LogP contribution is -2.14. The molecular formula is C38H28F2O4S3. The SMILES string of the molecule is Cc1ccc(S(=O)(=O)OS(c2ccc(F)cc2)(c2ccc(F)cc2)c2ccc(Sc3cccc(C(=O)c4ccccc4)c3)cc2)cc1. The van der Waals surface area contributed by atoms with E-state index >= 15 is 0 Å². The number of carbonyl (C=O) groups is 1. The number of benzene rings is 6. The topological polar surface area (TPSA) is 60.4 Å². The molecule has 9 heteroatoms. The van der Waals surface area contributed by atoms with Gasteiger partial charge < -0.3 is 0 Å². The highest BCUT2D eigenvalue weighted by Crippen LogP contribution is 2.70. The van der Waals surface area contributed by atoms with Crippen molar-refractivity contribution in [2.45, 2.75) is 36.3 Å². The number of hydrogen-bond donors (Lipinski definition) is 0. The Labute approximate surface area is 278 Å². The van der Waals surface area contributed by atoms with Gasteiger partial charge in [0.25, 0.3) is 0 Å².